The summed E-state index contributed by atoms with van der Waals surface area (Å²) in [7, 11) is 3.45. The van der Waals surface area contributed by atoms with Gasteiger partial charge in [0.2, 0.25) is 5.91 Å². The molecule has 2 N–H and O–H groups in total. The predicted octanol–water partition coefficient (Wildman–Crippen LogP) is 2.07. The maximum atomic E-state index is 14.2. The van der Waals surface area contributed by atoms with E-state index in [1.54, 1.807) is 20.2 Å². The van der Waals surface area contributed by atoms with Crippen molar-refractivity contribution in [3.63, 3.8) is 0 Å². The number of nitrogens with zero attached hydrogens (tertiary/aromatic N) is 3. The van der Waals surface area contributed by atoms with E-state index in [0.717, 1.165) is 45.6 Å². The van der Waals surface area contributed by atoms with Crippen LogP contribution in [0.1, 0.15) is 19.3 Å². The Morgan fingerprint density at radius 3 is 2.83 bits per heavy atom. The van der Waals surface area contributed by atoms with Crippen LogP contribution >= 0.6 is 24.0 Å². The number of nitrogens with one attached hydrogen (secondary N) is 2. The summed E-state index contributed by atoms with van der Waals surface area (Å²) in [6.07, 6.45) is 2.97. The van der Waals surface area contributed by atoms with Crippen LogP contribution < -0.4 is 15.5 Å². The zero-order valence-electron chi connectivity index (χ0n) is 17.8. The number of rotatable bonds is 6. The number of para-hydroxylation sites is 1. The molecule has 2 heterocycles. The lowest BCUT2D eigenvalue weighted by atomic mass is 10.0. The summed E-state index contributed by atoms with van der Waals surface area (Å²) < 4.78 is 19.6. The van der Waals surface area contributed by atoms with Crippen LogP contribution in [-0.4, -0.2) is 76.3 Å². The normalized spacial score (nSPS) is 21.7. The van der Waals surface area contributed by atoms with Crippen LogP contribution in [-0.2, 0) is 9.53 Å². The van der Waals surface area contributed by atoms with E-state index >= 15 is 0 Å². The highest BCUT2D eigenvalue weighted by molar-refractivity contribution is 14.0. The molecule has 0 radical (unpaired) electrons. The SMILES string of the molecule is CN(C)C(=O)CN=C(NCC1CCOC1)NC1CCCN(c2ccccc2F)C1.I. The first-order chi connectivity index (χ1) is 14.0. The Kier molecular flexibility index (Phi) is 10.1. The molecule has 0 bridgehead atoms. The number of anilines is 1. The molecular formula is C21H33FIN5O2. The molecule has 1 amide bonds. The molecule has 0 saturated carbocycles. The van der Waals surface area contributed by atoms with Gasteiger partial charge in [0.05, 0.1) is 12.3 Å². The van der Waals surface area contributed by atoms with E-state index in [1.165, 1.54) is 11.0 Å². The third-order valence-corrected chi connectivity index (χ3v) is 5.41. The minimum absolute atomic E-state index is 0. The van der Waals surface area contributed by atoms with Gasteiger partial charge in [-0.2, -0.15) is 0 Å². The van der Waals surface area contributed by atoms with Crippen LogP contribution in [0.2, 0.25) is 0 Å². The molecule has 9 heteroatoms. The molecule has 168 valence electrons. The second-order valence-corrected chi connectivity index (χ2v) is 7.94. The molecule has 3 rings (SSSR count). The van der Waals surface area contributed by atoms with Crippen LogP contribution in [0.4, 0.5) is 10.1 Å². The minimum atomic E-state index is -0.196. The van der Waals surface area contributed by atoms with Gasteiger partial charge in [0.15, 0.2) is 5.96 Å². The van der Waals surface area contributed by atoms with E-state index in [-0.39, 0.29) is 48.3 Å². The van der Waals surface area contributed by atoms with E-state index in [9.17, 15) is 9.18 Å². The Morgan fingerprint density at radius 2 is 2.13 bits per heavy atom. The second kappa shape index (κ2) is 12.3. The molecule has 2 fully saturated rings. The lowest BCUT2D eigenvalue weighted by Gasteiger charge is -2.35. The maximum absolute atomic E-state index is 14.2. The Balaban J connectivity index is 0.00000320. The van der Waals surface area contributed by atoms with Gasteiger partial charge in [0.25, 0.3) is 0 Å². The zero-order chi connectivity index (χ0) is 20.6. The first-order valence-electron chi connectivity index (χ1n) is 10.3. The summed E-state index contributed by atoms with van der Waals surface area (Å²) >= 11 is 0. The summed E-state index contributed by atoms with van der Waals surface area (Å²) in [4.78, 5) is 20.1. The summed E-state index contributed by atoms with van der Waals surface area (Å²) in [5.41, 5.74) is 0.635. The number of halogens is 2. The molecule has 1 aromatic rings. The Bertz CT molecular complexity index is 712. The standard InChI is InChI=1S/C21H32FN5O2.HI/c1-26(2)20(28)13-24-21(23-12-16-9-11-29-15-16)25-17-6-5-10-27(14-17)19-8-4-3-7-18(19)22;/h3-4,7-8,16-17H,5-6,9-15H2,1-2H3,(H2,23,24,25);1H. The van der Waals surface area contributed by atoms with Gasteiger partial charge in [-0.1, -0.05) is 12.1 Å². The molecule has 7 nitrogen and oxygen atoms in total. The molecular weight excluding hydrogens is 500 g/mol. The van der Waals surface area contributed by atoms with Crippen LogP contribution in [0.15, 0.2) is 29.3 Å². The number of amides is 1. The van der Waals surface area contributed by atoms with Crippen molar-refractivity contribution in [3.8, 4) is 0 Å². The lowest BCUT2D eigenvalue weighted by molar-refractivity contribution is -0.127. The van der Waals surface area contributed by atoms with Gasteiger partial charge in [-0.05, 0) is 31.4 Å². The minimum Gasteiger partial charge on any atom is -0.381 e. The first kappa shape index (κ1) is 24.6. The molecule has 2 saturated heterocycles. The number of ether oxygens (including phenoxy) is 1. The van der Waals surface area contributed by atoms with Crippen molar-refractivity contribution in [2.24, 2.45) is 10.9 Å². The molecule has 1 aromatic carbocycles. The third-order valence-electron chi connectivity index (χ3n) is 5.41. The van der Waals surface area contributed by atoms with E-state index < -0.39 is 0 Å². The van der Waals surface area contributed by atoms with Crippen molar-refractivity contribution >= 4 is 41.5 Å². The number of aliphatic imine (C=N–C) groups is 1. The van der Waals surface area contributed by atoms with Crippen molar-refractivity contribution in [3.05, 3.63) is 30.1 Å². The highest BCUT2D eigenvalue weighted by Gasteiger charge is 2.23. The van der Waals surface area contributed by atoms with E-state index in [2.05, 4.69) is 20.5 Å². The molecule has 2 atom stereocenters. The summed E-state index contributed by atoms with van der Waals surface area (Å²) in [6.45, 7) is 3.92. The van der Waals surface area contributed by atoms with E-state index in [0.29, 0.717) is 24.1 Å². The number of likely N-dealkylation sites (N-methyl/N-ethyl adjacent to an activating group) is 1. The summed E-state index contributed by atoms with van der Waals surface area (Å²) in [5, 5.41) is 6.82. The fourth-order valence-corrected chi connectivity index (χ4v) is 3.64. The molecule has 0 aromatic heterocycles. The van der Waals surface area contributed by atoms with Gasteiger partial charge in [-0.25, -0.2) is 9.38 Å². The summed E-state index contributed by atoms with van der Waals surface area (Å²) in [5.74, 6) is 0.838. The molecule has 2 aliphatic heterocycles. The van der Waals surface area contributed by atoms with Crippen molar-refractivity contribution in [2.75, 3.05) is 58.4 Å². The van der Waals surface area contributed by atoms with Gasteiger partial charge in [-0.15, -0.1) is 24.0 Å². The highest BCUT2D eigenvalue weighted by atomic mass is 127. The Labute approximate surface area is 195 Å². The topological polar surface area (TPSA) is 69.2 Å². The van der Waals surface area contributed by atoms with Gasteiger partial charge in [-0.3, -0.25) is 4.79 Å². The van der Waals surface area contributed by atoms with Crippen LogP contribution in [0, 0.1) is 11.7 Å². The van der Waals surface area contributed by atoms with Gasteiger partial charge < -0.3 is 25.2 Å². The average Bonchev–Trinajstić information content (AvgIpc) is 3.24. The van der Waals surface area contributed by atoms with Gasteiger partial charge >= 0.3 is 0 Å². The number of hydrogen-bond acceptors (Lipinski definition) is 4. The smallest absolute Gasteiger partial charge is 0.243 e. The van der Waals surface area contributed by atoms with E-state index in [4.69, 9.17) is 4.74 Å². The Hall–Kier alpha value is -1.62. The Morgan fingerprint density at radius 1 is 1.33 bits per heavy atom. The molecule has 2 unspecified atom stereocenters. The van der Waals surface area contributed by atoms with Crippen molar-refractivity contribution < 1.29 is 13.9 Å². The molecule has 0 aliphatic carbocycles. The van der Waals surface area contributed by atoms with Crippen molar-refractivity contribution in [1.29, 1.82) is 0 Å². The fraction of sp³-hybridized carbons (Fsp3) is 0.619. The number of benzene rings is 1. The number of piperidine rings is 1. The quantitative estimate of drug-likeness (QED) is 0.333. The summed E-state index contributed by atoms with van der Waals surface area (Å²) in [6, 6.07) is 7.02. The number of carbonyl (C=O) groups excluding carboxylic acids is 1. The largest absolute Gasteiger partial charge is 0.381 e. The molecule has 0 spiro atoms. The number of carbonyl (C=O) groups is 1. The van der Waals surface area contributed by atoms with Crippen molar-refractivity contribution in [2.45, 2.75) is 25.3 Å². The zero-order valence-corrected chi connectivity index (χ0v) is 20.1. The third kappa shape index (κ3) is 7.26. The molecule has 30 heavy (non-hydrogen) atoms. The highest BCUT2D eigenvalue weighted by Crippen LogP contribution is 2.22. The number of guanidine groups is 1. The monoisotopic (exact) mass is 533 g/mol. The van der Waals surface area contributed by atoms with Crippen LogP contribution in [0.3, 0.4) is 0 Å². The predicted molar refractivity (Wildman–Crippen MR) is 128 cm³/mol. The maximum Gasteiger partial charge on any atom is 0.243 e. The second-order valence-electron chi connectivity index (χ2n) is 7.94. The van der Waals surface area contributed by atoms with Crippen molar-refractivity contribution in [1.82, 2.24) is 15.5 Å². The fourth-order valence-electron chi connectivity index (χ4n) is 3.64. The van der Waals surface area contributed by atoms with Gasteiger partial charge in [0.1, 0.15) is 12.4 Å². The van der Waals surface area contributed by atoms with Crippen LogP contribution in [0.25, 0.3) is 0 Å². The molecule has 2 aliphatic rings. The van der Waals surface area contributed by atoms with Crippen LogP contribution in [0.5, 0.6) is 0 Å². The van der Waals surface area contributed by atoms with E-state index in [1.807, 2.05) is 12.1 Å². The first-order valence-corrected chi connectivity index (χ1v) is 10.3. The lowest BCUT2D eigenvalue weighted by Crippen LogP contribution is -2.52. The average molecular weight is 533 g/mol. The van der Waals surface area contributed by atoms with Gasteiger partial charge in [0, 0.05) is 52.3 Å². The number of hydrogen-bond donors (Lipinski definition) is 2.